The molecule has 0 aromatic rings. The van der Waals surface area contributed by atoms with Crippen LogP contribution in [0.4, 0.5) is 0 Å². The Morgan fingerprint density at radius 2 is 1.00 bits per heavy atom. The molecule has 0 amide bonds. The Morgan fingerprint density at radius 3 is 1.38 bits per heavy atom. The summed E-state index contributed by atoms with van der Waals surface area (Å²) in [6.07, 6.45) is 20.4. The number of allylic oxidation sites excluding steroid dienone is 5. The summed E-state index contributed by atoms with van der Waals surface area (Å²) >= 11 is 0. The van der Waals surface area contributed by atoms with Crippen LogP contribution in [-0.2, 0) is 13.3 Å². The monoisotopic (exact) mass is 382 g/mol. The third-order valence-corrected chi connectivity index (χ3v) is 6.40. The average Bonchev–Trinajstić information content (AvgIpc) is 2.65. The molecule has 0 rings (SSSR count). The lowest BCUT2D eigenvalue weighted by Gasteiger charge is -2.27. The van der Waals surface area contributed by atoms with Crippen molar-refractivity contribution >= 4 is 8.80 Å². The van der Waals surface area contributed by atoms with E-state index in [2.05, 4.69) is 26.5 Å². The second-order valence-corrected chi connectivity index (χ2v) is 8.95. The zero-order valence-corrected chi connectivity index (χ0v) is 18.7. The first kappa shape index (κ1) is 25.3. The predicted octanol–water partition coefficient (Wildman–Crippen LogP) is 6.77. The second kappa shape index (κ2) is 19.1. The van der Waals surface area contributed by atoms with Crippen molar-refractivity contribution in [1.82, 2.24) is 0 Å². The van der Waals surface area contributed by atoms with E-state index >= 15 is 0 Å². The van der Waals surface area contributed by atoms with Crippen molar-refractivity contribution < 1.29 is 13.3 Å². The second-order valence-electron chi connectivity index (χ2n) is 6.54. The molecule has 0 saturated carbocycles. The van der Waals surface area contributed by atoms with Gasteiger partial charge in [-0.2, -0.15) is 0 Å². The highest BCUT2D eigenvalue weighted by molar-refractivity contribution is 6.66. The summed E-state index contributed by atoms with van der Waals surface area (Å²) in [4.78, 5) is 0. The zero-order chi connectivity index (χ0) is 19.3. The highest BCUT2D eigenvalue weighted by Crippen LogP contribution is 2.16. The van der Waals surface area contributed by atoms with E-state index < -0.39 is 8.80 Å². The lowest BCUT2D eigenvalue weighted by atomic mass is 10.3. The highest BCUT2D eigenvalue weighted by atomic mass is 28.4. The topological polar surface area (TPSA) is 27.7 Å². The molecule has 0 aliphatic heterocycles. The van der Waals surface area contributed by atoms with Gasteiger partial charge in [0, 0.05) is 19.8 Å². The Balaban J connectivity index is 4.95. The summed E-state index contributed by atoms with van der Waals surface area (Å²) in [7, 11) is -2.76. The Bertz CT molecular complexity index is 346. The first-order chi connectivity index (χ1) is 12.7. The molecule has 3 nitrogen and oxygen atoms in total. The van der Waals surface area contributed by atoms with Gasteiger partial charge in [0.15, 0.2) is 0 Å². The van der Waals surface area contributed by atoms with Crippen molar-refractivity contribution in [2.45, 2.75) is 85.5 Å². The SMILES string of the molecule is CC=CC=CC=C[Si](OCCCCC)(OCCCCC)OCCCCC. The molecule has 0 aliphatic rings. The van der Waals surface area contributed by atoms with Gasteiger partial charge < -0.3 is 13.3 Å². The number of unbranched alkanes of at least 4 members (excludes halogenated alkanes) is 6. The van der Waals surface area contributed by atoms with Crippen LogP contribution in [0.3, 0.4) is 0 Å². The van der Waals surface area contributed by atoms with Gasteiger partial charge in [-0.15, -0.1) is 0 Å². The molecule has 0 aliphatic carbocycles. The lowest BCUT2D eigenvalue weighted by Crippen LogP contribution is -2.45. The summed E-state index contributed by atoms with van der Waals surface area (Å²) in [5, 5.41) is 0. The lowest BCUT2D eigenvalue weighted by molar-refractivity contribution is 0.0676. The molecule has 0 aromatic heterocycles. The maximum absolute atomic E-state index is 6.25. The van der Waals surface area contributed by atoms with E-state index in [0.717, 1.165) is 19.3 Å². The molecule has 0 unspecified atom stereocenters. The Morgan fingerprint density at radius 1 is 0.577 bits per heavy atom. The van der Waals surface area contributed by atoms with Crippen LogP contribution in [0.1, 0.15) is 85.5 Å². The van der Waals surface area contributed by atoms with E-state index in [4.69, 9.17) is 13.3 Å². The summed E-state index contributed by atoms with van der Waals surface area (Å²) < 4.78 is 18.8. The molecule has 0 aromatic carbocycles. The predicted molar refractivity (Wildman–Crippen MR) is 115 cm³/mol. The van der Waals surface area contributed by atoms with Crippen LogP contribution < -0.4 is 0 Å². The number of rotatable bonds is 18. The summed E-state index contributed by atoms with van der Waals surface area (Å²) in [6.45, 7) is 10.8. The van der Waals surface area contributed by atoms with Crippen LogP contribution in [-0.4, -0.2) is 28.6 Å². The average molecular weight is 383 g/mol. The first-order valence-corrected chi connectivity index (χ1v) is 12.4. The minimum absolute atomic E-state index is 0.713. The van der Waals surface area contributed by atoms with Gasteiger partial charge in [0.1, 0.15) is 0 Å². The Hall–Kier alpha value is -0.683. The third kappa shape index (κ3) is 14.5. The summed E-state index contributed by atoms with van der Waals surface area (Å²) in [5.41, 5.74) is 2.05. The van der Waals surface area contributed by atoms with E-state index in [1.54, 1.807) is 0 Å². The van der Waals surface area contributed by atoms with Crippen LogP contribution in [0.15, 0.2) is 36.1 Å². The van der Waals surface area contributed by atoms with E-state index in [1.165, 1.54) is 38.5 Å². The van der Waals surface area contributed by atoms with Crippen LogP contribution in [0.5, 0.6) is 0 Å². The van der Waals surface area contributed by atoms with Crippen molar-refractivity contribution in [3.63, 3.8) is 0 Å². The quantitative estimate of drug-likeness (QED) is 0.149. The molecule has 26 heavy (non-hydrogen) atoms. The van der Waals surface area contributed by atoms with Crippen molar-refractivity contribution in [2.24, 2.45) is 0 Å². The minimum Gasteiger partial charge on any atom is -0.370 e. The molecule has 0 N–H and O–H groups in total. The molecule has 0 bridgehead atoms. The maximum atomic E-state index is 6.25. The van der Waals surface area contributed by atoms with Crippen molar-refractivity contribution in [2.75, 3.05) is 19.8 Å². The van der Waals surface area contributed by atoms with Gasteiger partial charge in [-0.05, 0) is 31.9 Å². The van der Waals surface area contributed by atoms with Crippen molar-refractivity contribution in [1.29, 1.82) is 0 Å². The van der Waals surface area contributed by atoms with Crippen LogP contribution in [0.25, 0.3) is 0 Å². The largest absolute Gasteiger partial charge is 0.529 e. The van der Waals surface area contributed by atoms with Gasteiger partial charge in [0.2, 0.25) is 0 Å². The van der Waals surface area contributed by atoms with Gasteiger partial charge in [-0.25, -0.2) is 0 Å². The van der Waals surface area contributed by atoms with Gasteiger partial charge in [-0.3, -0.25) is 0 Å². The van der Waals surface area contributed by atoms with E-state index in [1.807, 2.05) is 37.3 Å². The number of hydrogen-bond donors (Lipinski definition) is 0. The minimum atomic E-state index is -2.76. The summed E-state index contributed by atoms with van der Waals surface area (Å²) in [6, 6.07) is 0. The zero-order valence-electron chi connectivity index (χ0n) is 17.7. The number of hydrogen-bond acceptors (Lipinski definition) is 3. The first-order valence-electron chi connectivity index (χ1n) is 10.6. The van der Waals surface area contributed by atoms with Crippen molar-refractivity contribution in [3.8, 4) is 0 Å². The molecule has 0 spiro atoms. The molecule has 0 heterocycles. The maximum Gasteiger partial charge on any atom is 0.529 e. The van der Waals surface area contributed by atoms with Crippen LogP contribution in [0.2, 0.25) is 0 Å². The molecule has 0 saturated heterocycles. The fraction of sp³-hybridized carbons (Fsp3) is 0.727. The Kier molecular flexibility index (Phi) is 18.6. The summed E-state index contributed by atoms with van der Waals surface area (Å²) in [5.74, 6) is 0. The molecule has 152 valence electrons. The normalized spacial score (nSPS) is 12.9. The van der Waals surface area contributed by atoms with Gasteiger partial charge in [0.05, 0.1) is 0 Å². The highest BCUT2D eigenvalue weighted by Gasteiger charge is 2.38. The van der Waals surface area contributed by atoms with E-state index in [9.17, 15) is 0 Å². The smallest absolute Gasteiger partial charge is 0.370 e. The fourth-order valence-electron chi connectivity index (χ4n) is 2.38. The standard InChI is InChI=1S/C22H42O3Si/c1-5-9-13-14-18-22-26(23-19-15-10-6-2,24-20-16-11-7-3)25-21-17-12-8-4/h5,9,13-14,18,22H,6-8,10-12,15-17,19-21H2,1-4H3. The molecule has 0 radical (unpaired) electrons. The van der Waals surface area contributed by atoms with Crippen LogP contribution >= 0.6 is 0 Å². The molecular weight excluding hydrogens is 340 g/mol. The molecular formula is C22H42O3Si. The van der Waals surface area contributed by atoms with E-state index in [-0.39, 0.29) is 0 Å². The Labute approximate surface area is 163 Å². The molecule has 4 heteroatoms. The van der Waals surface area contributed by atoms with E-state index in [0.29, 0.717) is 19.8 Å². The van der Waals surface area contributed by atoms with Gasteiger partial charge in [0.25, 0.3) is 0 Å². The van der Waals surface area contributed by atoms with Crippen LogP contribution in [0, 0.1) is 0 Å². The third-order valence-electron chi connectivity index (χ3n) is 3.98. The van der Waals surface area contributed by atoms with Crippen molar-refractivity contribution in [3.05, 3.63) is 36.1 Å². The van der Waals surface area contributed by atoms with Gasteiger partial charge >= 0.3 is 8.80 Å². The molecule has 0 fully saturated rings. The molecule has 0 atom stereocenters. The van der Waals surface area contributed by atoms with Gasteiger partial charge in [-0.1, -0.05) is 89.7 Å². The fourth-order valence-corrected chi connectivity index (χ4v) is 4.55.